The van der Waals surface area contributed by atoms with E-state index in [1.165, 1.54) is 0 Å². The summed E-state index contributed by atoms with van der Waals surface area (Å²) < 4.78 is 0. The van der Waals surface area contributed by atoms with Crippen molar-refractivity contribution in [1.29, 1.82) is 0 Å². The Balaban J connectivity index is 0. The largest absolute Gasteiger partial charge is 3.00 e. The summed E-state index contributed by atoms with van der Waals surface area (Å²) in [5, 5.41) is 0. The summed E-state index contributed by atoms with van der Waals surface area (Å²) >= 11 is 0. The molecule has 0 amide bonds. The summed E-state index contributed by atoms with van der Waals surface area (Å²) in [4.78, 5) is 0. The fraction of sp³-hybridized carbons (Fsp3) is 0. The average molecular weight is 357 g/mol. The van der Waals surface area contributed by atoms with Crippen molar-refractivity contribution in [1.82, 2.24) is 0 Å². The molecule has 0 atom stereocenters. The maximum atomic E-state index is 0. The molecule has 10 N–H and O–H groups in total. The molecule has 0 aliphatic carbocycles. The Hall–Kier alpha value is 3.11. The number of hydrogen-bond donors (Lipinski definition) is 0. The average Bonchev–Trinajstić information content (AvgIpc) is 0. The molecule has 0 bridgehead atoms. The minimum absolute atomic E-state index is 0. The molecule has 8 heavy (non-hydrogen) atoms. The van der Waals surface area contributed by atoms with Crippen LogP contribution >= 0.6 is 0 Å². The van der Waals surface area contributed by atoms with Gasteiger partial charge in [0.25, 0.3) is 0 Å². The van der Waals surface area contributed by atoms with E-state index in [4.69, 9.17) is 0 Å². The molecule has 0 radical (unpaired) electrons. The minimum atomic E-state index is 0. The van der Waals surface area contributed by atoms with Gasteiger partial charge in [-0.1, -0.05) is 0 Å². The molecule has 8 heteroatoms. The zero-order chi connectivity index (χ0) is 0. The third kappa shape index (κ3) is 61.9. The molecule has 0 aromatic rings. The van der Waals surface area contributed by atoms with Gasteiger partial charge in [0.05, 0.1) is 0 Å². The molecule has 0 aromatic heterocycles. The van der Waals surface area contributed by atoms with Gasteiger partial charge in [-0.15, -0.1) is 0 Å². The van der Waals surface area contributed by atoms with E-state index in [1.54, 1.807) is 0 Å². The minimum Gasteiger partial charge on any atom is -0.412 e. The monoisotopic (exact) mass is 357 g/mol. The van der Waals surface area contributed by atoms with Crippen molar-refractivity contribution >= 4 is 0 Å². The molecule has 0 saturated heterocycles. The maximum absolute atomic E-state index is 0. The zero-order valence-corrected chi connectivity index (χ0v) is 12.7. The Bertz CT molecular complexity index is 7.64. The van der Waals surface area contributed by atoms with Gasteiger partial charge in [0.15, 0.2) is 0 Å². The quantitative estimate of drug-likeness (QED) is 0.413. The first-order chi connectivity index (χ1) is 0. The predicted molar refractivity (Wildman–Crippen MR) is 18.1 cm³/mol. The van der Waals surface area contributed by atoms with E-state index in [2.05, 4.69) is 0 Å². The molecule has 0 fully saturated rings. The van der Waals surface area contributed by atoms with Crippen LogP contribution in [-0.4, -0.2) is 27.4 Å². The zero-order valence-electron chi connectivity index (χ0n) is 4.23. The van der Waals surface area contributed by atoms with E-state index < -0.39 is 0 Å². The van der Waals surface area contributed by atoms with E-state index in [-0.39, 0.29) is 126 Å². The molecular weight excluding hydrogens is 347 g/mol. The molecule has 0 aliphatic rings. The van der Waals surface area contributed by atoms with Crippen LogP contribution in [0.2, 0.25) is 0 Å². The van der Waals surface area contributed by atoms with Crippen molar-refractivity contribution in [2.24, 2.45) is 0 Å². The van der Waals surface area contributed by atoms with E-state index in [9.17, 15) is 0 Å². The van der Waals surface area contributed by atoms with Crippen LogP contribution in [0.1, 0.15) is 0 Å². The SMILES string of the molecule is O.O.O.O.O.[Y+3].[Y+3].[Y+3]. The topological polar surface area (TPSA) is 158 Å². The summed E-state index contributed by atoms with van der Waals surface area (Å²) in [5.74, 6) is 0. The molecule has 0 aliphatic heterocycles. The van der Waals surface area contributed by atoms with Gasteiger partial charge in [-0.2, -0.15) is 0 Å². The van der Waals surface area contributed by atoms with Gasteiger partial charge < -0.3 is 27.4 Å². The van der Waals surface area contributed by atoms with Crippen LogP contribution < -0.4 is 0 Å². The molecule has 0 heterocycles. The molecule has 0 unspecified atom stereocenters. The predicted octanol–water partition coefficient (Wildman–Crippen LogP) is -4.13. The van der Waals surface area contributed by atoms with Gasteiger partial charge in [-0.25, -0.2) is 0 Å². The fourth-order valence-electron chi connectivity index (χ4n) is 0. The van der Waals surface area contributed by atoms with Crippen molar-refractivity contribution in [2.75, 3.05) is 0 Å². The van der Waals surface area contributed by atoms with Gasteiger partial charge in [0.1, 0.15) is 0 Å². The normalized spacial score (nSPS) is 0. The van der Waals surface area contributed by atoms with Gasteiger partial charge in [-0.05, 0) is 0 Å². The molecule has 0 spiro atoms. The standard InChI is InChI=1S/5H2O.3Y/h5*1H2;;;/q;;;;;3*+3. The van der Waals surface area contributed by atoms with Crippen LogP contribution in [-0.2, 0) is 98.1 Å². The molecule has 0 saturated carbocycles. The first kappa shape index (κ1) is 117. The second-order valence-electron chi connectivity index (χ2n) is 0. The van der Waals surface area contributed by atoms with E-state index in [0.717, 1.165) is 0 Å². The van der Waals surface area contributed by atoms with Crippen LogP contribution in [0.4, 0.5) is 0 Å². The molecule has 40 valence electrons. The van der Waals surface area contributed by atoms with Gasteiger partial charge in [-0.3, -0.25) is 0 Å². The van der Waals surface area contributed by atoms with Crippen LogP contribution in [0, 0.1) is 0 Å². The Kier molecular flexibility index (Phi) is 1270. The van der Waals surface area contributed by atoms with Crippen molar-refractivity contribution < 1.29 is 126 Å². The Morgan fingerprint density at radius 3 is 0.250 bits per heavy atom. The second-order valence-corrected chi connectivity index (χ2v) is 0. The molecule has 0 aromatic carbocycles. The number of hydrogen-bond acceptors (Lipinski definition) is 0. The Morgan fingerprint density at radius 2 is 0.250 bits per heavy atom. The van der Waals surface area contributed by atoms with E-state index >= 15 is 0 Å². The third-order valence-corrected chi connectivity index (χ3v) is 0. The van der Waals surface area contributed by atoms with Crippen LogP contribution in [0.15, 0.2) is 0 Å². The van der Waals surface area contributed by atoms with Crippen molar-refractivity contribution in [3.05, 3.63) is 0 Å². The van der Waals surface area contributed by atoms with Crippen LogP contribution in [0.3, 0.4) is 0 Å². The van der Waals surface area contributed by atoms with E-state index in [0.29, 0.717) is 0 Å². The summed E-state index contributed by atoms with van der Waals surface area (Å²) in [6, 6.07) is 0. The van der Waals surface area contributed by atoms with Gasteiger partial charge in [0.2, 0.25) is 0 Å². The summed E-state index contributed by atoms with van der Waals surface area (Å²) in [6.07, 6.45) is 0. The maximum Gasteiger partial charge on any atom is 3.00 e. The first-order valence-corrected chi connectivity index (χ1v) is 0. The van der Waals surface area contributed by atoms with Crippen molar-refractivity contribution in [2.45, 2.75) is 0 Å². The molecule has 5 nitrogen and oxygen atoms in total. The summed E-state index contributed by atoms with van der Waals surface area (Å²) in [6.45, 7) is 0. The smallest absolute Gasteiger partial charge is 0.412 e. The van der Waals surface area contributed by atoms with Crippen molar-refractivity contribution in [3.8, 4) is 0 Å². The third-order valence-electron chi connectivity index (χ3n) is 0. The van der Waals surface area contributed by atoms with Crippen LogP contribution in [0.5, 0.6) is 0 Å². The Morgan fingerprint density at radius 1 is 0.250 bits per heavy atom. The van der Waals surface area contributed by atoms with Gasteiger partial charge in [0, 0.05) is 0 Å². The first-order valence-electron chi connectivity index (χ1n) is 0. The van der Waals surface area contributed by atoms with Gasteiger partial charge >= 0.3 is 98.1 Å². The summed E-state index contributed by atoms with van der Waals surface area (Å²) in [5.41, 5.74) is 0. The Labute approximate surface area is 123 Å². The molecule has 0 rings (SSSR count). The van der Waals surface area contributed by atoms with E-state index in [1.807, 2.05) is 0 Å². The second kappa shape index (κ2) is 86.7. The van der Waals surface area contributed by atoms with Crippen LogP contribution in [0.25, 0.3) is 0 Å². The fourth-order valence-corrected chi connectivity index (χ4v) is 0. The summed E-state index contributed by atoms with van der Waals surface area (Å²) in [7, 11) is 0. The molecular formula is H10O5Y3+9. The number of rotatable bonds is 0. The van der Waals surface area contributed by atoms with Crippen molar-refractivity contribution in [3.63, 3.8) is 0 Å².